The van der Waals surface area contributed by atoms with Gasteiger partial charge in [-0.25, -0.2) is 4.98 Å². The minimum absolute atomic E-state index is 0.0208. The summed E-state index contributed by atoms with van der Waals surface area (Å²) >= 11 is 3.38. The summed E-state index contributed by atoms with van der Waals surface area (Å²) in [7, 11) is 0. The summed E-state index contributed by atoms with van der Waals surface area (Å²) in [6.07, 6.45) is 1.71. The number of furan rings is 1. The van der Waals surface area contributed by atoms with Crippen LogP contribution in [0.1, 0.15) is 23.1 Å². The highest BCUT2D eigenvalue weighted by molar-refractivity contribution is 7.14. The van der Waals surface area contributed by atoms with Crippen molar-refractivity contribution in [2.75, 3.05) is 0 Å². The third-order valence-electron chi connectivity index (χ3n) is 3.77. The molecule has 120 valence electrons. The summed E-state index contributed by atoms with van der Waals surface area (Å²) in [6, 6.07) is 16.4. The van der Waals surface area contributed by atoms with Crippen molar-refractivity contribution in [3.05, 3.63) is 88.0 Å². The summed E-state index contributed by atoms with van der Waals surface area (Å²) < 4.78 is 5.62. The highest BCUT2D eigenvalue weighted by Gasteiger charge is 2.16. The third-order valence-corrected chi connectivity index (χ3v) is 5.39. The molecular weight excluding hydrogens is 336 g/mol. The lowest BCUT2D eigenvalue weighted by Gasteiger charge is -2.16. The molecule has 0 radical (unpaired) electrons. The Morgan fingerprint density at radius 3 is 2.71 bits per heavy atom. The predicted octanol–water partition coefficient (Wildman–Crippen LogP) is 5.34. The van der Waals surface area contributed by atoms with E-state index in [0.29, 0.717) is 6.54 Å². The molecule has 0 aliphatic heterocycles. The van der Waals surface area contributed by atoms with Crippen LogP contribution in [0.2, 0.25) is 0 Å². The van der Waals surface area contributed by atoms with Gasteiger partial charge in [0.15, 0.2) is 0 Å². The molecule has 0 saturated carbocycles. The van der Waals surface area contributed by atoms with Crippen LogP contribution in [-0.2, 0) is 6.54 Å². The van der Waals surface area contributed by atoms with E-state index in [2.05, 4.69) is 39.7 Å². The van der Waals surface area contributed by atoms with Crippen LogP contribution in [-0.4, -0.2) is 4.98 Å². The lowest BCUT2D eigenvalue weighted by molar-refractivity contribution is 0.444. The molecule has 0 bridgehead atoms. The lowest BCUT2D eigenvalue weighted by Crippen LogP contribution is -2.21. The Balaban J connectivity index is 1.52. The second-order valence-corrected chi connectivity index (χ2v) is 7.03. The Morgan fingerprint density at radius 1 is 1.04 bits per heavy atom. The van der Waals surface area contributed by atoms with E-state index in [4.69, 9.17) is 9.40 Å². The highest BCUT2D eigenvalue weighted by Crippen LogP contribution is 2.27. The van der Waals surface area contributed by atoms with E-state index in [9.17, 15) is 0 Å². The van der Waals surface area contributed by atoms with E-state index in [1.54, 1.807) is 28.9 Å². The number of rotatable bonds is 6. The van der Waals surface area contributed by atoms with Crippen molar-refractivity contribution >= 4 is 22.7 Å². The van der Waals surface area contributed by atoms with Gasteiger partial charge in [0.2, 0.25) is 0 Å². The Hall–Kier alpha value is -2.21. The molecule has 1 aromatic carbocycles. The molecular formula is C19H16N2OS2. The summed E-state index contributed by atoms with van der Waals surface area (Å²) in [4.78, 5) is 4.73. The van der Waals surface area contributed by atoms with Crippen molar-refractivity contribution in [2.45, 2.75) is 12.6 Å². The van der Waals surface area contributed by atoms with Crippen LogP contribution in [0.25, 0.3) is 10.6 Å². The van der Waals surface area contributed by atoms with E-state index in [-0.39, 0.29) is 6.04 Å². The quantitative estimate of drug-likeness (QED) is 0.509. The van der Waals surface area contributed by atoms with Crippen molar-refractivity contribution in [3.8, 4) is 10.6 Å². The lowest BCUT2D eigenvalue weighted by atomic mass is 10.0. The highest BCUT2D eigenvalue weighted by atomic mass is 32.1. The van der Waals surface area contributed by atoms with E-state index in [1.165, 1.54) is 11.1 Å². The SMILES string of the molecule is c1ccc([C@H](NCc2csc(-c3ccsc3)n2)c2ccco2)cc1. The van der Waals surface area contributed by atoms with Crippen molar-refractivity contribution in [3.63, 3.8) is 0 Å². The van der Waals surface area contributed by atoms with Crippen molar-refractivity contribution in [1.29, 1.82) is 0 Å². The Labute approximate surface area is 148 Å². The van der Waals surface area contributed by atoms with E-state index in [0.717, 1.165) is 16.5 Å². The van der Waals surface area contributed by atoms with Gasteiger partial charge in [0, 0.05) is 22.9 Å². The van der Waals surface area contributed by atoms with Gasteiger partial charge in [0.25, 0.3) is 0 Å². The first-order valence-corrected chi connectivity index (χ1v) is 9.51. The molecule has 3 aromatic heterocycles. The zero-order valence-corrected chi connectivity index (χ0v) is 14.5. The van der Waals surface area contributed by atoms with Gasteiger partial charge in [-0.15, -0.1) is 11.3 Å². The molecule has 0 spiro atoms. The summed E-state index contributed by atoms with van der Waals surface area (Å²) in [6.45, 7) is 0.695. The number of hydrogen-bond donors (Lipinski definition) is 1. The number of hydrogen-bond acceptors (Lipinski definition) is 5. The topological polar surface area (TPSA) is 38.1 Å². The number of nitrogens with one attached hydrogen (secondary N) is 1. The first kappa shape index (κ1) is 15.3. The first-order chi connectivity index (χ1) is 11.9. The summed E-state index contributed by atoms with van der Waals surface area (Å²) in [5.41, 5.74) is 3.43. The number of benzene rings is 1. The van der Waals surface area contributed by atoms with Gasteiger partial charge in [-0.3, -0.25) is 5.32 Å². The normalized spacial score (nSPS) is 12.3. The molecule has 0 unspecified atom stereocenters. The van der Waals surface area contributed by atoms with Crippen LogP contribution in [0.4, 0.5) is 0 Å². The largest absolute Gasteiger partial charge is 0.467 e. The van der Waals surface area contributed by atoms with E-state index in [1.807, 2.05) is 30.3 Å². The first-order valence-electron chi connectivity index (χ1n) is 7.69. The number of thiophene rings is 1. The van der Waals surface area contributed by atoms with Crippen LogP contribution >= 0.6 is 22.7 Å². The second-order valence-electron chi connectivity index (χ2n) is 5.40. The van der Waals surface area contributed by atoms with Gasteiger partial charge in [0.05, 0.1) is 18.0 Å². The molecule has 3 nitrogen and oxygen atoms in total. The molecule has 0 saturated heterocycles. The van der Waals surface area contributed by atoms with Crippen molar-refractivity contribution in [2.24, 2.45) is 0 Å². The third kappa shape index (κ3) is 3.33. The monoisotopic (exact) mass is 352 g/mol. The maximum atomic E-state index is 5.62. The second kappa shape index (κ2) is 7.13. The summed E-state index contributed by atoms with van der Waals surface area (Å²) in [5.74, 6) is 0.912. The fraction of sp³-hybridized carbons (Fsp3) is 0.105. The average Bonchev–Trinajstić information content (AvgIpc) is 3.38. The Bertz CT molecular complexity index is 867. The van der Waals surface area contributed by atoms with Gasteiger partial charge >= 0.3 is 0 Å². The minimum Gasteiger partial charge on any atom is -0.467 e. The molecule has 0 fully saturated rings. The molecule has 4 aromatic rings. The van der Waals surface area contributed by atoms with E-state index >= 15 is 0 Å². The maximum absolute atomic E-state index is 5.62. The van der Waals surface area contributed by atoms with Crippen LogP contribution in [0.3, 0.4) is 0 Å². The molecule has 24 heavy (non-hydrogen) atoms. The molecule has 4 rings (SSSR count). The molecule has 1 N–H and O–H groups in total. The fourth-order valence-corrected chi connectivity index (χ4v) is 4.13. The molecule has 0 aliphatic rings. The molecule has 0 amide bonds. The fourth-order valence-electron chi connectivity index (χ4n) is 2.60. The smallest absolute Gasteiger partial charge is 0.125 e. The van der Waals surface area contributed by atoms with Crippen molar-refractivity contribution < 1.29 is 4.42 Å². The van der Waals surface area contributed by atoms with Gasteiger partial charge in [-0.05, 0) is 29.1 Å². The van der Waals surface area contributed by atoms with Crippen LogP contribution in [0.5, 0.6) is 0 Å². The molecule has 3 heterocycles. The Morgan fingerprint density at radius 2 is 1.96 bits per heavy atom. The zero-order valence-electron chi connectivity index (χ0n) is 12.9. The standard InChI is InChI=1S/C19H16N2OS2/c1-2-5-14(6-3-1)18(17-7-4-9-22-17)20-11-16-13-24-19(21-16)15-8-10-23-12-15/h1-10,12-13,18,20H,11H2/t18-/m0/s1. The van der Waals surface area contributed by atoms with Gasteiger partial charge in [-0.1, -0.05) is 30.3 Å². The molecule has 5 heteroatoms. The van der Waals surface area contributed by atoms with Crippen LogP contribution in [0, 0.1) is 0 Å². The average molecular weight is 352 g/mol. The minimum atomic E-state index is 0.0208. The van der Waals surface area contributed by atoms with E-state index < -0.39 is 0 Å². The zero-order chi connectivity index (χ0) is 16.2. The Kier molecular flexibility index (Phi) is 4.55. The van der Waals surface area contributed by atoms with Gasteiger partial charge in [-0.2, -0.15) is 11.3 Å². The number of nitrogens with zero attached hydrogens (tertiary/aromatic N) is 1. The van der Waals surface area contributed by atoms with Crippen LogP contribution < -0.4 is 5.32 Å². The predicted molar refractivity (Wildman–Crippen MR) is 99.3 cm³/mol. The van der Waals surface area contributed by atoms with Crippen molar-refractivity contribution in [1.82, 2.24) is 10.3 Å². The van der Waals surface area contributed by atoms with Crippen LogP contribution in [0.15, 0.2) is 75.4 Å². The van der Waals surface area contributed by atoms with Gasteiger partial charge < -0.3 is 4.42 Å². The number of thiazole rings is 1. The molecule has 0 aliphatic carbocycles. The molecule has 1 atom stereocenters. The summed E-state index contributed by atoms with van der Waals surface area (Å²) in [5, 5.41) is 11.0. The maximum Gasteiger partial charge on any atom is 0.125 e. The van der Waals surface area contributed by atoms with Gasteiger partial charge in [0.1, 0.15) is 10.8 Å². The number of aromatic nitrogens is 1.